The first kappa shape index (κ1) is 12.3. The van der Waals surface area contributed by atoms with Crippen molar-refractivity contribution in [3.63, 3.8) is 0 Å². The van der Waals surface area contributed by atoms with Gasteiger partial charge in [0.25, 0.3) is 0 Å². The van der Waals surface area contributed by atoms with Crippen molar-refractivity contribution < 1.29 is 9.47 Å². The molecule has 16 heavy (non-hydrogen) atoms. The van der Waals surface area contributed by atoms with Crippen LogP contribution in [0, 0.1) is 11.3 Å². The van der Waals surface area contributed by atoms with E-state index >= 15 is 0 Å². The predicted molar refractivity (Wildman–Crippen MR) is 62.2 cm³/mol. The fourth-order valence-electron chi connectivity index (χ4n) is 1.30. The average molecular weight is 220 g/mol. The third-order valence-electron chi connectivity index (χ3n) is 2.15. The van der Waals surface area contributed by atoms with Gasteiger partial charge < -0.3 is 15.2 Å². The van der Waals surface area contributed by atoms with Crippen LogP contribution in [-0.2, 0) is 11.2 Å². The number of rotatable bonds is 6. The average Bonchev–Trinajstić information content (AvgIpc) is 2.29. The number of nitriles is 1. The molecule has 0 heterocycles. The number of anilines is 1. The van der Waals surface area contributed by atoms with Crippen LogP contribution in [0.15, 0.2) is 18.2 Å². The summed E-state index contributed by atoms with van der Waals surface area (Å²) < 4.78 is 10.4. The maximum Gasteiger partial charge on any atom is 0.119 e. The molecular formula is C12H16N2O2. The van der Waals surface area contributed by atoms with Gasteiger partial charge >= 0.3 is 0 Å². The van der Waals surface area contributed by atoms with E-state index in [0.717, 1.165) is 17.7 Å². The van der Waals surface area contributed by atoms with E-state index in [0.29, 0.717) is 25.3 Å². The number of hydrogen-bond donors (Lipinski definition) is 1. The smallest absolute Gasteiger partial charge is 0.119 e. The Hall–Kier alpha value is -1.73. The van der Waals surface area contributed by atoms with E-state index in [1.807, 2.05) is 12.1 Å². The highest BCUT2D eigenvalue weighted by molar-refractivity contribution is 5.51. The second-order valence-corrected chi connectivity index (χ2v) is 3.39. The van der Waals surface area contributed by atoms with E-state index in [1.165, 1.54) is 0 Å². The molecule has 0 fully saturated rings. The summed E-state index contributed by atoms with van der Waals surface area (Å²) in [6.07, 6.45) is 1.15. The van der Waals surface area contributed by atoms with E-state index in [4.69, 9.17) is 20.5 Å². The van der Waals surface area contributed by atoms with Crippen LogP contribution in [0.3, 0.4) is 0 Å². The van der Waals surface area contributed by atoms with E-state index in [-0.39, 0.29) is 0 Å². The van der Waals surface area contributed by atoms with E-state index in [1.54, 1.807) is 13.2 Å². The Morgan fingerprint density at radius 3 is 2.88 bits per heavy atom. The molecule has 4 nitrogen and oxygen atoms in total. The first-order valence-corrected chi connectivity index (χ1v) is 5.15. The molecule has 2 N–H and O–H groups in total. The van der Waals surface area contributed by atoms with Crippen molar-refractivity contribution in [1.29, 1.82) is 5.26 Å². The molecular weight excluding hydrogens is 204 g/mol. The monoisotopic (exact) mass is 220 g/mol. The fourth-order valence-corrected chi connectivity index (χ4v) is 1.30. The summed E-state index contributed by atoms with van der Waals surface area (Å²) in [5.74, 6) is 0.746. The molecule has 0 saturated carbocycles. The van der Waals surface area contributed by atoms with Crippen LogP contribution in [-0.4, -0.2) is 20.3 Å². The molecule has 0 aliphatic rings. The minimum atomic E-state index is 0.307. The highest BCUT2D eigenvalue weighted by Gasteiger charge is 2.01. The summed E-state index contributed by atoms with van der Waals surface area (Å²) in [7, 11) is 1.66. The van der Waals surface area contributed by atoms with Crippen molar-refractivity contribution in [3.05, 3.63) is 23.8 Å². The van der Waals surface area contributed by atoms with Gasteiger partial charge in [-0.3, -0.25) is 0 Å². The molecule has 4 heteroatoms. The zero-order valence-electron chi connectivity index (χ0n) is 9.40. The molecule has 0 amide bonds. The topological polar surface area (TPSA) is 68.3 Å². The van der Waals surface area contributed by atoms with Gasteiger partial charge in [0.05, 0.1) is 19.1 Å². The van der Waals surface area contributed by atoms with Crippen LogP contribution in [0.25, 0.3) is 0 Å². The predicted octanol–water partition coefficient (Wildman–Crippen LogP) is 1.75. The summed E-state index contributed by atoms with van der Waals surface area (Å²) in [6, 6.07) is 7.45. The minimum Gasteiger partial charge on any atom is -0.493 e. The van der Waals surface area contributed by atoms with Gasteiger partial charge in [-0.05, 0) is 23.8 Å². The van der Waals surface area contributed by atoms with Gasteiger partial charge in [-0.15, -0.1) is 0 Å². The Morgan fingerprint density at radius 1 is 1.38 bits per heavy atom. The van der Waals surface area contributed by atoms with Crippen LogP contribution >= 0.6 is 0 Å². The molecule has 0 aliphatic carbocycles. The van der Waals surface area contributed by atoms with Gasteiger partial charge in [0.2, 0.25) is 0 Å². The van der Waals surface area contributed by atoms with Gasteiger partial charge in [0.15, 0.2) is 0 Å². The number of nitrogens with zero attached hydrogens (tertiary/aromatic N) is 1. The second-order valence-electron chi connectivity index (χ2n) is 3.39. The Labute approximate surface area is 95.6 Å². The maximum atomic E-state index is 8.62. The summed E-state index contributed by atoms with van der Waals surface area (Å²) >= 11 is 0. The van der Waals surface area contributed by atoms with Crippen molar-refractivity contribution in [2.24, 2.45) is 0 Å². The Bertz CT molecular complexity index is 372. The molecule has 0 atom stereocenters. The molecule has 0 bridgehead atoms. The second kappa shape index (κ2) is 6.70. The molecule has 0 unspecified atom stereocenters. The van der Waals surface area contributed by atoms with Gasteiger partial charge in [-0.2, -0.15) is 5.26 Å². The van der Waals surface area contributed by atoms with E-state index in [9.17, 15) is 0 Å². The standard InChI is InChI=1S/C12H16N2O2/c1-15-7-2-8-16-11-3-4-12(14)10(9-11)5-6-13/h3-4,9H,2,5,7-8,14H2,1H3. The van der Waals surface area contributed by atoms with E-state index in [2.05, 4.69) is 6.07 Å². The molecule has 86 valence electrons. The summed E-state index contributed by atoms with van der Waals surface area (Å²) in [5, 5.41) is 8.62. The quantitative estimate of drug-likeness (QED) is 0.585. The summed E-state index contributed by atoms with van der Waals surface area (Å²) in [6.45, 7) is 1.28. The molecule has 1 rings (SSSR count). The fraction of sp³-hybridized carbons (Fsp3) is 0.417. The van der Waals surface area contributed by atoms with Crippen LogP contribution < -0.4 is 10.5 Å². The Morgan fingerprint density at radius 2 is 2.19 bits per heavy atom. The van der Waals surface area contributed by atoms with Gasteiger partial charge in [0, 0.05) is 25.8 Å². The Balaban J connectivity index is 2.54. The van der Waals surface area contributed by atoms with Crippen LogP contribution in [0.1, 0.15) is 12.0 Å². The lowest BCUT2D eigenvalue weighted by Gasteiger charge is -2.08. The Kier molecular flexibility index (Phi) is 5.17. The van der Waals surface area contributed by atoms with Crippen LogP contribution in [0.4, 0.5) is 5.69 Å². The summed E-state index contributed by atoms with van der Waals surface area (Å²) in [4.78, 5) is 0. The highest BCUT2D eigenvalue weighted by Crippen LogP contribution is 2.20. The maximum absolute atomic E-state index is 8.62. The van der Waals surface area contributed by atoms with Crippen LogP contribution in [0.5, 0.6) is 5.75 Å². The van der Waals surface area contributed by atoms with Crippen molar-refractivity contribution in [2.45, 2.75) is 12.8 Å². The number of ether oxygens (including phenoxy) is 2. The number of methoxy groups -OCH3 is 1. The third kappa shape index (κ3) is 3.79. The van der Waals surface area contributed by atoms with Crippen molar-refractivity contribution >= 4 is 5.69 Å². The molecule has 0 saturated heterocycles. The first-order chi connectivity index (χ1) is 7.77. The minimum absolute atomic E-state index is 0.307. The normalized spacial score (nSPS) is 9.75. The van der Waals surface area contributed by atoms with Crippen molar-refractivity contribution in [3.8, 4) is 11.8 Å². The number of hydrogen-bond acceptors (Lipinski definition) is 4. The summed E-state index contributed by atoms with van der Waals surface area (Å²) in [5.41, 5.74) is 7.17. The zero-order chi connectivity index (χ0) is 11.8. The van der Waals surface area contributed by atoms with Crippen molar-refractivity contribution in [1.82, 2.24) is 0 Å². The van der Waals surface area contributed by atoms with Crippen LogP contribution in [0.2, 0.25) is 0 Å². The van der Waals surface area contributed by atoms with Crippen molar-refractivity contribution in [2.75, 3.05) is 26.1 Å². The lowest BCUT2D eigenvalue weighted by atomic mass is 10.1. The number of nitrogens with two attached hydrogens (primary N) is 1. The lowest BCUT2D eigenvalue weighted by molar-refractivity contribution is 0.172. The molecule has 0 spiro atoms. The van der Waals surface area contributed by atoms with Gasteiger partial charge in [0.1, 0.15) is 5.75 Å². The largest absolute Gasteiger partial charge is 0.493 e. The zero-order valence-corrected chi connectivity index (χ0v) is 9.40. The molecule has 1 aromatic carbocycles. The van der Waals surface area contributed by atoms with Gasteiger partial charge in [-0.25, -0.2) is 0 Å². The van der Waals surface area contributed by atoms with E-state index < -0.39 is 0 Å². The first-order valence-electron chi connectivity index (χ1n) is 5.15. The highest BCUT2D eigenvalue weighted by atomic mass is 16.5. The molecule has 0 radical (unpaired) electrons. The lowest BCUT2D eigenvalue weighted by Crippen LogP contribution is -2.02. The SMILES string of the molecule is COCCCOc1ccc(N)c(CC#N)c1. The number of nitrogen functional groups attached to an aromatic ring is 1. The molecule has 1 aromatic rings. The van der Waals surface area contributed by atoms with Gasteiger partial charge in [-0.1, -0.05) is 0 Å². The molecule has 0 aliphatic heterocycles. The molecule has 0 aromatic heterocycles. The third-order valence-corrected chi connectivity index (χ3v) is 2.15. The number of benzene rings is 1.